The molecule has 1 heterocycles. The number of benzene rings is 2. The van der Waals surface area contributed by atoms with Gasteiger partial charge in [-0.15, -0.1) is 0 Å². The predicted octanol–water partition coefficient (Wildman–Crippen LogP) is 4.77. The fourth-order valence-electron chi connectivity index (χ4n) is 2.26. The Kier molecular flexibility index (Phi) is 3.40. The molecule has 0 saturated heterocycles. The zero-order valence-corrected chi connectivity index (χ0v) is 13.5. The summed E-state index contributed by atoms with van der Waals surface area (Å²) >= 11 is 8.96. The van der Waals surface area contributed by atoms with E-state index >= 15 is 0 Å². The second-order valence-corrected chi connectivity index (χ2v) is 5.94. The number of aromatic nitrogens is 2. The molecule has 3 aromatic rings. The number of nitrogens with one attached hydrogen (secondary N) is 1. The van der Waals surface area contributed by atoms with Crippen molar-refractivity contribution in [3.8, 4) is 11.4 Å². The molecule has 0 aliphatic carbocycles. The van der Waals surface area contributed by atoms with E-state index < -0.39 is 0 Å². The molecule has 5 heteroatoms. The minimum atomic E-state index is 0.672. The van der Waals surface area contributed by atoms with E-state index in [9.17, 15) is 0 Å². The molecule has 0 saturated carbocycles. The lowest BCUT2D eigenvalue weighted by atomic mass is 10.2. The molecular formula is C15H13BrN2OS. The Bertz CT molecular complexity index is 851. The van der Waals surface area contributed by atoms with Crippen LogP contribution in [0, 0.1) is 11.7 Å². The van der Waals surface area contributed by atoms with Gasteiger partial charge in [0, 0.05) is 10.5 Å². The van der Waals surface area contributed by atoms with Gasteiger partial charge in [-0.05, 0) is 49.0 Å². The van der Waals surface area contributed by atoms with Crippen LogP contribution in [-0.2, 0) is 0 Å². The number of aromatic amines is 1. The summed E-state index contributed by atoms with van der Waals surface area (Å²) in [6.07, 6.45) is 0. The van der Waals surface area contributed by atoms with Crippen LogP contribution in [0.2, 0.25) is 0 Å². The SMILES string of the molecule is COc1cc(Br)cc(-n2c(=S)[nH]c3ccc(C)cc32)c1. The topological polar surface area (TPSA) is 29.9 Å². The van der Waals surface area contributed by atoms with Crippen molar-refractivity contribution in [2.75, 3.05) is 7.11 Å². The van der Waals surface area contributed by atoms with Crippen LogP contribution in [0.4, 0.5) is 0 Å². The van der Waals surface area contributed by atoms with E-state index in [1.165, 1.54) is 5.56 Å². The second-order valence-electron chi connectivity index (χ2n) is 4.64. The summed E-state index contributed by atoms with van der Waals surface area (Å²) in [7, 11) is 1.66. The molecule has 0 unspecified atom stereocenters. The van der Waals surface area contributed by atoms with Gasteiger partial charge >= 0.3 is 0 Å². The van der Waals surface area contributed by atoms with Crippen LogP contribution in [0.15, 0.2) is 40.9 Å². The van der Waals surface area contributed by atoms with Crippen molar-refractivity contribution < 1.29 is 4.74 Å². The predicted molar refractivity (Wildman–Crippen MR) is 87.4 cm³/mol. The molecule has 102 valence electrons. The summed E-state index contributed by atoms with van der Waals surface area (Å²) in [4.78, 5) is 3.23. The summed E-state index contributed by atoms with van der Waals surface area (Å²) < 4.78 is 8.97. The van der Waals surface area contributed by atoms with E-state index in [0.29, 0.717) is 4.77 Å². The first-order chi connectivity index (χ1) is 9.58. The first-order valence-corrected chi connectivity index (χ1v) is 7.35. The van der Waals surface area contributed by atoms with E-state index in [-0.39, 0.29) is 0 Å². The lowest BCUT2D eigenvalue weighted by molar-refractivity contribution is 0.414. The molecule has 3 rings (SSSR count). The molecule has 1 N–H and O–H groups in total. The molecule has 2 aromatic carbocycles. The number of fused-ring (bicyclic) bond motifs is 1. The maximum absolute atomic E-state index is 5.45. The maximum Gasteiger partial charge on any atom is 0.182 e. The van der Waals surface area contributed by atoms with Crippen molar-refractivity contribution in [2.45, 2.75) is 6.92 Å². The number of hydrogen-bond donors (Lipinski definition) is 1. The van der Waals surface area contributed by atoms with Crippen molar-refractivity contribution in [3.63, 3.8) is 0 Å². The van der Waals surface area contributed by atoms with Gasteiger partial charge in [-0.2, -0.15) is 0 Å². The van der Waals surface area contributed by atoms with Gasteiger partial charge in [0.1, 0.15) is 5.75 Å². The monoisotopic (exact) mass is 348 g/mol. The standard InChI is InChI=1S/C15H13BrN2OS/c1-9-3-4-13-14(5-9)18(15(20)17-13)11-6-10(16)7-12(8-11)19-2/h3-8H,1-2H3,(H,17,20). The van der Waals surface area contributed by atoms with Crippen molar-refractivity contribution in [3.05, 3.63) is 51.2 Å². The molecule has 0 spiro atoms. The zero-order valence-electron chi connectivity index (χ0n) is 11.1. The van der Waals surface area contributed by atoms with E-state index in [1.54, 1.807) is 7.11 Å². The number of H-pyrrole nitrogens is 1. The molecule has 20 heavy (non-hydrogen) atoms. The Morgan fingerprint density at radius 1 is 1.20 bits per heavy atom. The molecule has 1 aromatic heterocycles. The Morgan fingerprint density at radius 3 is 2.75 bits per heavy atom. The summed E-state index contributed by atoms with van der Waals surface area (Å²) in [5.74, 6) is 0.790. The number of halogens is 1. The van der Waals surface area contributed by atoms with Crippen molar-refractivity contribution >= 4 is 39.2 Å². The summed E-state index contributed by atoms with van der Waals surface area (Å²) in [5.41, 5.74) is 4.26. The number of rotatable bonds is 2. The van der Waals surface area contributed by atoms with Crippen molar-refractivity contribution in [1.29, 1.82) is 0 Å². The Balaban J connectivity index is 2.34. The van der Waals surface area contributed by atoms with Crippen LogP contribution in [0.1, 0.15) is 5.56 Å². The highest BCUT2D eigenvalue weighted by Gasteiger charge is 2.09. The highest BCUT2D eigenvalue weighted by atomic mass is 79.9. The number of hydrogen-bond acceptors (Lipinski definition) is 2. The minimum absolute atomic E-state index is 0.672. The lowest BCUT2D eigenvalue weighted by Crippen LogP contribution is -1.95. The van der Waals surface area contributed by atoms with Crippen LogP contribution in [0.25, 0.3) is 16.7 Å². The van der Waals surface area contributed by atoms with Gasteiger partial charge in [-0.3, -0.25) is 4.57 Å². The number of aryl methyl sites for hydroxylation is 1. The first kappa shape index (κ1) is 13.4. The number of ether oxygens (including phenoxy) is 1. The molecule has 0 atom stereocenters. The van der Waals surface area contributed by atoms with E-state index in [1.807, 2.05) is 28.8 Å². The smallest absolute Gasteiger partial charge is 0.182 e. The third kappa shape index (κ3) is 2.27. The van der Waals surface area contributed by atoms with Crippen LogP contribution < -0.4 is 4.74 Å². The van der Waals surface area contributed by atoms with E-state index in [2.05, 4.69) is 40.0 Å². The van der Waals surface area contributed by atoms with Crippen LogP contribution >= 0.6 is 28.1 Å². The fraction of sp³-hybridized carbons (Fsp3) is 0.133. The Labute approximate surface area is 130 Å². The molecule has 0 fully saturated rings. The third-order valence-corrected chi connectivity index (χ3v) is 3.93. The highest BCUT2D eigenvalue weighted by molar-refractivity contribution is 9.10. The van der Waals surface area contributed by atoms with Crippen molar-refractivity contribution in [2.24, 2.45) is 0 Å². The molecule has 0 radical (unpaired) electrons. The molecule has 3 nitrogen and oxygen atoms in total. The Morgan fingerprint density at radius 2 is 2.00 bits per heavy atom. The van der Waals surface area contributed by atoms with Gasteiger partial charge in [0.2, 0.25) is 0 Å². The normalized spacial score (nSPS) is 10.9. The average Bonchev–Trinajstić information content (AvgIpc) is 2.73. The van der Waals surface area contributed by atoms with Gasteiger partial charge in [-0.25, -0.2) is 0 Å². The van der Waals surface area contributed by atoms with E-state index in [4.69, 9.17) is 17.0 Å². The fourth-order valence-corrected chi connectivity index (χ4v) is 3.04. The number of nitrogens with zero attached hydrogens (tertiary/aromatic N) is 1. The molecule has 0 aliphatic heterocycles. The summed E-state index contributed by atoms with van der Waals surface area (Å²) in [6, 6.07) is 12.2. The van der Waals surface area contributed by atoms with Crippen LogP contribution in [0.5, 0.6) is 5.75 Å². The number of methoxy groups -OCH3 is 1. The quantitative estimate of drug-likeness (QED) is 0.676. The highest BCUT2D eigenvalue weighted by Crippen LogP contribution is 2.27. The van der Waals surface area contributed by atoms with E-state index in [0.717, 1.165) is 26.9 Å². The second kappa shape index (κ2) is 5.07. The van der Waals surface area contributed by atoms with Gasteiger partial charge < -0.3 is 9.72 Å². The molecule has 0 amide bonds. The van der Waals surface area contributed by atoms with Gasteiger partial charge in [0.15, 0.2) is 4.77 Å². The molecule has 0 bridgehead atoms. The minimum Gasteiger partial charge on any atom is -0.497 e. The third-order valence-electron chi connectivity index (χ3n) is 3.19. The van der Waals surface area contributed by atoms with Gasteiger partial charge in [-0.1, -0.05) is 22.0 Å². The van der Waals surface area contributed by atoms with Crippen LogP contribution in [-0.4, -0.2) is 16.7 Å². The maximum atomic E-state index is 5.45. The van der Waals surface area contributed by atoms with Gasteiger partial charge in [0.25, 0.3) is 0 Å². The number of imidazole rings is 1. The summed E-state index contributed by atoms with van der Waals surface area (Å²) in [6.45, 7) is 2.07. The largest absolute Gasteiger partial charge is 0.497 e. The zero-order chi connectivity index (χ0) is 14.3. The van der Waals surface area contributed by atoms with Crippen LogP contribution in [0.3, 0.4) is 0 Å². The molecular weight excluding hydrogens is 336 g/mol. The first-order valence-electron chi connectivity index (χ1n) is 6.15. The van der Waals surface area contributed by atoms with Gasteiger partial charge in [0.05, 0.1) is 23.8 Å². The molecule has 0 aliphatic rings. The van der Waals surface area contributed by atoms with Crippen molar-refractivity contribution in [1.82, 2.24) is 9.55 Å². The summed E-state index contributed by atoms with van der Waals surface area (Å²) in [5, 5.41) is 0. The average molecular weight is 349 g/mol. The lowest BCUT2D eigenvalue weighted by Gasteiger charge is -2.08. The Hall–Kier alpha value is -1.59.